The van der Waals surface area contributed by atoms with Crippen molar-refractivity contribution in [1.29, 1.82) is 0 Å². The van der Waals surface area contributed by atoms with Crippen LogP contribution in [0.5, 0.6) is 5.75 Å². The van der Waals surface area contributed by atoms with Gasteiger partial charge in [0, 0.05) is 25.7 Å². The van der Waals surface area contributed by atoms with Gasteiger partial charge in [-0.1, -0.05) is 12.1 Å². The molecule has 1 heterocycles. The van der Waals surface area contributed by atoms with Crippen LogP contribution in [-0.4, -0.2) is 49.9 Å². The van der Waals surface area contributed by atoms with Crippen LogP contribution in [0.2, 0.25) is 0 Å². The minimum atomic E-state index is -0.510. The van der Waals surface area contributed by atoms with Crippen LogP contribution < -0.4 is 15.4 Å². The number of hydrogen-bond acceptors (Lipinski definition) is 5. The van der Waals surface area contributed by atoms with Gasteiger partial charge in [0.1, 0.15) is 11.4 Å². The number of benzene rings is 1. The molecule has 1 fully saturated rings. The highest BCUT2D eigenvalue weighted by Gasteiger charge is 2.40. The first-order valence-electron chi connectivity index (χ1n) is 9.45. The third kappa shape index (κ3) is 5.16. The Morgan fingerprint density at radius 3 is 2.67 bits per heavy atom. The molecule has 1 aliphatic heterocycles. The van der Waals surface area contributed by atoms with Crippen LogP contribution in [0.25, 0.3) is 0 Å². The van der Waals surface area contributed by atoms with E-state index in [4.69, 9.17) is 15.2 Å². The second-order valence-corrected chi connectivity index (χ2v) is 7.91. The third-order valence-corrected chi connectivity index (χ3v) is 4.62. The summed E-state index contributed by atoms with van der Waals surface area (Å²) >= 11 is 0. The van der Waals surface area contributed by atoms with Crippen LogP contribution in [0.4, 0.5) is 10.5 Å². The number of amides is 1. The number of anilines is 1. The molecule has 27 heavy (non-hydrogen) atoms. The molecule has 0 aliphatic carbocycles. The zero-order chi connectivity index (χ0) is 20.2. The summed E-state index contributed by atoms with van der Waals surface area (Å²) in [5.74, 6) is 0.817. The van der Waals surface area contributed by atoms with Crippen molar-refractivity contribution in [2.45, 2.75) is 52.2 Å². The van der Waals surface area contributed by atoms with Crippen molar-refractivity contribution >= 4 is 11.8 Å². The molecule has 1 atom stereocenters. The highest BCUT2D eigenvalue weighted by Crippen LogP contribution is 2.35. The van der Waals surface area contributed by atoms with Gasteiger partial charge in [-0.15, -0.1) is 0 Å². The van der Waals surface area contributed by atoms with E-state index in [9.17, 15) is 4.79 Å². The molecule has 1 saturated heterocycles. The van der Waals surface area contributed by atoms with Crippen LogP contribution in [-0.2, 0) is 11.2 Å². The Morgan fingerprint density at radius 2 is 2.11 bits per heavy atom. The molecular weight excluding hydrogens is 342 g/mol. The highest BCUT2D eigenvalue weighted by molar-refractivity contribution is 5.73. The van der Waals surface area contributed by atoms with Crippen molar-refractivity contribution in [3.05, 3.63) is 35.5 Å². The zero-order valence-electron chi connectivity index (χ0n) is 17.4. The van der Waals surface area contributed by atoms with Gasteiger partial charge in [0.05, 0.1) is 18.8 Å². The minimum Gasteiger partial charge on any atom is -0.495 e. The average Bonchev–Trinajstić information content (AvgIpc) is 2.56. The quantitative estimate of drug-likeness (QED) is 0.824. The van der Waals surface area contributed by atoms with Gasteiger partial charge in [-0.25, -0.2) is 4.79 Å². The molecule has 0 bridgehead atoms. The Hall–Kier alpha value is -2.21. The van der Waals surface area contributed by atoms with E-state index in [1.165, 1.54) is 0 Å². The predicted molar refractivity (Wildman–Crippen MR) is 109 cm³/mol. The number of carbonyl (C=O) groups excluding carboxylic acids is 1. The Labute approximate surface area is 162 Å². The molecule has 1 aromatic carbocycles. The van der Waals surface area contributed by atoms with Gasteiger partial charge in [-0.05, 0) is 58.4 Å². The fourth-order valence-electron chi connectivity index (χ4n) is 3.31. The SMILES string of the molecule is C/C=C1\CC(CN(C)c2ccc(CCN)cc2OC)N1C(=O)OC(C)(C)C. The first-order valence-corrected chi connectivity index (χ1v) is 9.45. The maximum Gasteiger partial charge on any atom is 0.414 e. The van der Waals surface area contributed by atoms with E-state index < -0.39 is 5.60 Å². The molecule has 1 aliphatic rings. The number of hydrogen-bond donors (Lipinski definition) is 1. The molecule has 6 nitrogen and oxygen atoms in total. The van der Waals surface area contributed by atoms with E-state index in [1.54, 1.807) is 12.0 Å². The second-order valence-electron chi connectivity index (χ2n) is 7.91. The summed E-state index contributed by atoms with van der Waals surface area (Å²) in [5, 5.41) is 0. The van der Waals surface area contributed by atoms with E-state index in [0.717, 1.165) is 35.5 Å². The molecule has 150 valence electrons. The lowest BCUT2D eigenvalue weighted by Crippen LogP contribution is -2.55. The van der Waals surface area contributed by atoms with E-state index in [2.05, 4.69) is 17.0 Å². The van der Waals surface area contributed by atoms with Crippen molar-refractivity contribution in [3.8, 4) is 5.75 Å². The van der Waals surface area contributed by atoms with Gasteiger partial charge < -0.3 is 20.1 Å². The third-order valence-electron chi connectivity index (χ3n) is 4.62. The van der Waals surface area contributed by atoms with Crippen LogP contribution in [0, 0.1) is 0 Å². The summed E-state index contributed by atoms with van der Waals surface area (Å²) in [6, 6.07) is 6.23. The topological polar surface area (TPSA) is 68.0 Å². The molecule has 0 spiro atoms. The second kappa shape index (κ2) is 8.65. The zero-order valence-corrected chi connectivity index (χ0v) is 17.4. The van der Waals surface area contributed by atoms with E-state index in [1.807, 2.05) is 46.9 Å². The molecule has 2 N–H and O–H groups in total. The number of allylic oxidation sites excluding steroid dienone is 1. The van der Waals surface area contributed by atoms with Crippen molar-refractivity contribution < 1.29 is 14.3 Å². The highest BCUT2D eigenvalue weighted by atomic mass is 16.6. The van der Waals surface area contributed by atoms with Gasteiger partial charge in [-0.2, -0.15) is 0 Å². The summed E-state index contributed by atoms with van der Waals surface area (Å²) in [7, 11) is 3.69. The van der Waals surface area contributed by atoms with E-state index in [0.29, 0.717) is 13.1 Å². The molecule has 2 rings (SSSR count). The molecule has 0 aromatic heterocycles. The smallest absolute Gasteiger partial charge is 0.414 e. The van der Waals surface area contributed by atoms with Crippen molar-refractivity contribution in [2.75, 3.05) is 32.1 Å². The number of ether oxygens (including phenoxy) is 2. The van der Waals surface area contributed by atoms with Crippen LogP contribution in [0.1, 0.15) is 39.7 Å². The van der Waals surface area contributed by atoms with E-state index in [-0.39, 0.29) is 12.1 Å². The standard InChI is InChI=1S/C21H33N3O3/c1-7-16-13-17(24(16)20(25)27-21(2,3)4)14-23(5)18-9-8-15(10-11-22)12-19(18)26-6/h7-9,12,17H,10-11,13-14,22H2,1-6H3/b16-7+. The fourth-order valence-corrected chi connectivity index (χ4v) is 3.31. The van der Waals surface area contributed by atoms with Gasteiger partial charge in [0.2, 0.25) is 0 Å². The monoisotopic (exact) mass is 375 g/mol. The Kier molecular flexibility index (Phi) is 6.76. The van der Waals surface area contributed by atoms with Gasteiger partial charge >= 0.3 is 6.09 Å². The molecular formula is C21H33N3O3. The molecule has 1 amide bonds. The molecule has 1 aromatic rings. The lowest BCUT2D eigenvalue weighted by atomic mass is 9.97. The van der Waals surface area contributed by atoms with Crippen molar-refractivity contribution in [3.63, 3.8) is 0 Å². The minimum absolute atomic E-state index is 0.0736. The van der Waals surface area contributed by atoms with Crippen molar-refractivity contribution in [2.24, 2.45) is 5.73 Å². The molecule has 0 saturated carbocycles. The van der Waals surface area contributed by atoms with Gasteiger partial charge in [0.25, 0.3) is 0 Å². The lowest BCUT2D eigenvalue weighted by molar-refractivity contribution is 0.0117. The Morgan fingerprint density at radius 1 is 1.41 bits per heavy atom. The maximum absolute atomic E-state index is 12.6. The lowest BCUT2D eigenvalue weighted by Gasteiger charge is -2.45. The largest absolute Gasteiger partial charge is 0.495 e. The van der Waals surface area contributed by atoms with Crippen LogP contribution >= 0.6 is 0 Å². The molecule has 6 heteroatoms. The van der Waals surface area contributed by atoms with E-state index >= 15 is 0 Å². The first-order chi connectivity index (χ1) is 12.7. The van der Waals surface area contributed by atoms with Crippen molar-refractivity contribution in [1.82, 2.24) is 4.90 Å². The fraction of sp³-hybridized carbons (Fsp3) is 0.571. The van der Waals surface area contributed by atoms with Crippen LogP contribution in [0.3, 0.4) is 0 Å². The average molecular weight is 376 g/mol. The summed E-state index contributed by atoms with van der Waals surface area (Å²) in [5.41, 5.74) is 8.30. The number of likely N-dealkylation sites (N-methyl/N-ethyl adjacent to an activating group) is 1. The summed E-state index contributed by atoms with van der Waals surface area (Å²) in [6.07, 6.45) is 3.36. The van der Waals surface area contributed by atoms with Crippen LogP contribution in [0.15, 0.2) is 30.0 Å². The number of likely N-dealkylation sites (tertiary alicyclic amines) is 1. The number of nitrogens with zero attached hydrogens (tertiary/aromatic N) is 2. The molecule has 1 unspecified atom stereocenters. The van der Waals surface area contributed by atoms with Gasteiger partial charge in [0.15, 0.2) is 0 Å². The predicted octanol–water partition coefficient (Wildman–Crippen LogP) is 3.55. The molecule has 0 radical (unpaired) electrons. The number of methoxy groups -OCH3 is 1. The number of rotatable bonds is 6. The Bertz CT molecular complexity index is 694. The number of nitrogens with two attached hydrogens (primary N) is 1. The maximum atomic E-state index is 12.6. The Balaban J connectivity index is 2.12. The summed E-state index contributed by atoms with van der Waals surface area (Å²) < 4.78 is 11.1. The summed E-state index contributed by atoms with van der Waals surface area (Å²) in [6.45, 7) is 8.91. The summed E-state index contributed by atoms with van der Waals surface area (Å²) in [4.78, 5) is 16.5. The van der Waals surface area contributed by atoms with Gasteiger partial charge in [-0.3, -0.25) is 4.90 Å². The first kappa shape index (κ1) is 21.1. The number of carbonyl (C=O) groups is 1. The normalized spacial score (nSPS) is 18.3.